The van der Waals surface area contributed by atoms with E-state index in [1.54, 1.807) is 11.8 Å². The molecule has 0 spiro atoms. The van der Waals surface area contributed by atoms with E-state index < -0.39 is 0 Å². The van der Waals surface area contributed by atoms with E-state index in [-0.39, 0.29) is 10.9 Å². The molecule has 10 heavy (non-hydrogen) atoms. The van der Waals surface area contributed by atoms with Crippen LogP contribution in [-0.2, 0) is 0 Å². The van der Waals surface area contributed by atoms with Gasteiger partial charge in [-0.2, -0.15) is 5.10 Å². The summed E-state index contributed by atoms with van der Waals surface area (Å²) in [4.78, 5) is 0. The Morgan fingerprint density at radius 3 is 2.40 bits per heavy atom. The first-order chi connectivity index (χ1) is 4.50. The van der Waals surface area contributed by atoms with Crippen molar-refractivity contribution in [1.82, 2.24) is 5.43 Å². The van der Waals surface area contributed by atoms with E-state index >= 15 is 0 Å². The van der Waals surface area contributed by atoms with Crippen molar-refractivity contribution in [3.63, 3.8) is 0 Å². The van der Waals surface area contributed by atoms with Gasteiger partial charge in [0.05, 0.1) is 0 Å². The van der Waals surface area contributed by atoms with Gasteiger partial charge in [-0.3, -0.25) is 5.43 Å². The van der Waals surface area contributed by atoms with Gasteiger partial charge < -0.3 is 5.73 Å². The van der Waals surface area contributed by atoms with Crippen molar-refractivity contribution in [3.8, 4) is 0 Å². The lowest BCUT2D eigenvalue weighted by atomic mass is 9.99. The zero-order valence-electron chi connectivity index (χ0n) is 6.51. The summed E-state index contributed by atoms with van der Waals surface area (Å²) in [5.74, 6) is 0. The molecule has 1 heterocycles. The monoisotopic (exact) mass is 159 g/mol. The summed E-state index contributed by atoms with van der Waals surface area (Å²) in [5.41, 5.74) is 8.45. The smallest absolute Gasteiger partial charge is 0.144 e. The largest absolute Gasteiger partial charge is 0.301 e. The second kappa shape index (κ2) is 2.43. The number of hydrogen-bond acceptors (Lipinski definition) is 4. The van der Waals surface area contributed by atoms with E-state index in [0.717, 1.165) is 5.04 Å². The molecule has 0 amide bonds. The van der Waals surface area contributed by atoms with E-state index in [1.165, 1.54) is 0 Å². The van der Waals surface area contributed by atoms with E-state index in [9.17, 15) is 0 Å². The van der Waals surface area contributed by atoms with E-state index in [1.807, 2.05) is 0 Å². The molecule has 0 fully saturated rings. The minimum absolute atomic E-state index is 0.0470. The molecule has 0 aromatic heterocycles. The molecule has 0 bridgehead atoms. The maximum Gasteiger partial charge on any atom is 0.144 e. The first-order valence-electron chi connectivity index (χ1n) is 3.26. The highest BCUT2D eigenvalue weighted by molar-refractivity contribution is 8.14. The molecule has 0 aromatic carbocycles. The highest BCUT2D eigenvalue weighted by Crippen LogP contribution is 2.28. The summed E-state index contributed by atoms with van der Waals surface area (Å²) in [5, 5.41) is 5.18. The molecular weight excluding hydrogens is 146 g/mol. The number of nitrogens with one attached hydrogen (secondary N) is 1. The number of hydrogen-bond donors (Lipinski definition) is 2. The van der Waals surface area contributed by atoms with Crippen molar-refractivity contribution in [2.75, 3.05) is 0 Å². The molecule has 4 heteroatoms. The molecule has 1 aliphatic rings. The van der Waals surface area contributed by atoms with Crippen LogP contribution in [0.2, 0.25) is 0 Å². The zero-order valence-corrected chi connectivity index (χ0v) is 7.33. The lowest BCUT2D eigenvalue weighted by molar-refractivity contribution is 0.595. The van der Waals surface area contributed by atoms with Gasteiger partial charge in [0.2, 0.25) is 0 Å². The molecule has 1 aliphatic heterocycles. The molecule has 1 atom stereocenters. The number of hydrazone groups is 1. The molecule has 0 saturated carbocycles. The van der Waals surface area contributed by atoms with Crippen molar-refractivity contribution >= 4 is 16.8 Å². The fourth-order valence-corrected chi connectivity index (χ4v) is 1.44. The molecule has 0 saturated heterocycles. The zero-order chi connectivity index (χ0) is 7.78. The van der Waals surface area contributed by atoms with Crippen LogP contribution in [-0.4, -0.2) is 10.5 Å². The minimum Gasteiger partial charge on any atom is -0.301 e. The standard InChI is InChI=1S/C6H13N3S/c1-6(2,3)4-8-9-5(7)10-4/h5,9H,7H2,1-3H3. The summed E-state index contributed by atoms with van der Waals surface area (Å²) in [6, 6.07) is 0. The van der Waals surface area contributed by atoms with Crippen LogP contribution in [0.3, 0.4) is 0 Å². The van der Waals surface area contributed by atoms with Crippen LogP contribution in [0.15, 0.2) is 5.10 Å². The van der Waals surface area contributed by atoms with Gasteiger partial charge in [0, 0.05) is 5.41 Å². The van der Waals surface area contributed by atoms with Gasteiger partial charge in [-0.15, -0.1) is 0 Å². The molecule has 58 valence electrons. The topological polar surface area (TPSA) is 50.4 Å². The van der Waals surface area contributed by atoms with E-state index in [0.29, 0.717) is 0 Å². The van der Waals surface area contributed by atoms with Crippen molar-refractivity contribution in [2.24, 2.45) is 16.3 Å². The predicted octanol–water partition coefficient (Wildman–Crippen LogP) is 0.925. The summed E-state index contributed by atoms with van der Waals surface area (Å²) in [6.45, 7) is 6.37. The Balaban J connectivity index is 2.60. The lowest BCUT2D eigenvalue weighted by Crippen LogP contribution is -2.26. The SMILES string of the molecule is CC(C)(C)C1=NNC(N)S1. The fourth-order valence-electron chi connectivity index (χ4n) is 0.640. The van der Waals surface area contributed by atoms with Crippen LogP contribution in [0.5, 0.6) is 0 Å². The third-order valence-corrected chi connectivity index (χ3v) is 2.46. The highest BCUT2D eigenvalue weighted by Gasteiger charge is 2.25. The van der Waals surface area contributed by atoms with E-state index in [2.05, 4.69) is 31.3 Å². The van der Waals surface area contributed by atoms with Crippen LogP contribution >= 0.6 is 11.8 Å². The third kappa shape index (κ3) is 1.64. The quantitative estimate of drug-likeness (QED) is 0.552. The Bertz CT molecular complexity index is 159. The minimum atomic E-state index is -0.0470. The van der Waals surface area contributed by atoms with Crippen molar-refractivity contribution in [1.29, 1.82) is 0 Å². The predicted molar refractivity (Wildman–Crippen MR) is 45.6 cm³/mol. The summed E-state index contributed by atoms with van der Waals surface area (Å²) < 4.78 is 0. The Morgan fingerprint density at radius 1 is 1.60 bits per heavy atom. The van der Waals surface area contributed by atoms with Gasteiger partial charge in [0.25, 0.3) is 0 Å². The number of thioether (sulfide) groups is 1. The van der Waals surface area contributed by atoms with Crippen LogP contribution in [0.1, 0.15) is 20.8 Å². The van der Waals surface area contributed by atoms with Crippen LogP contribution < -0.4 is 11.2 Å². The molecule has 0 aliphatic carbocycles. The van der Waals surface area contributed by atoms with Crippen molar-refractivity contribution < 1.29 is 0 Å². The normalized spacial score (nSPS) is 26.0. The number of nitrogens with zero attached hydrogens (tertiary/aromatic N) is 1. The molecule has 3 nitrogen and oxygen atoms in total. The Hall–Kier alpha value is -0.220. The molecule has 1 rings (SSSR count). The second-order valence-electron chi connectivity index (χ2n) is 3.33. The maximum absolute atomic E-state index is 5.56. The molecule has 0 radical (unpaired) electrons. The van der Waals surface area contributed by atoms with E-state index in [4.69, 9.17) is 5.73 Å². The number of rotatable bonds is 0. The van der Waals surface area contributed by atoms with Crippen LogP contribution in [0.25, 0.3) is 0 Å². The van der Waals surface area contributed by atoms with Gasteiger partial charge in [-0.1, -0.05) is 32.5 Å². The summed E-state index contributed by atoms with van der Waals surface area (Å²) >= 11 is 1.59. The second-order valence-corrected chi connectivity index (χ2v) is 4.46. The molecule has 3 N–H and O–H groups in total. The van der Waals surface area contributed by atoms with Gasteiger partial charge in [0.15, 0.2) is 0 Å². The average molecular weight is 159 g/mol. The van der Waals surface area contributed by atoms with Crippen molar-refractivity contribution in [3.05, 3.63) is 0 Å². The van der Waals surface area contributed by atoms with Gasteiger partial charge >= 0.3 is 0 Å². The summed E-state index contributed by atoms with van der Waals surface area (Å²) in [7, 11) is 0. The molecule has 1 unspecified atom stereocenters. The first kappa shape index (κ1) is 7.88. The fraction of sp³-hybridized carbons (Fsp3) is 0.833. The van der Waals surface area contributed by atoms with Crippen LogP contribution in [0, 0.1) is 5.41 Å². The highest BCUT2D eigenvalue weighted by atomic mass is 32.2. The summed E-state index contributed by atoms with van der Waals surface area (Å²) in [6.07, 6.45) is 0. The van der Waals surface area contributed by atoms with Gasteiger partial charge in [-0.05, 0) is 0 Å². The lowest BCUT2D eigenvalue weighted by Gasteiger charge is -2.16. The molecule has 0 aromatic rings. The maximum atomic E-state index is 5.56. The first-order valence-corrected chi connectivity index (χ1v) is 4.14. The Kier molecular flexibility index (Phi) is 1.92. The Labute approximate surface area is 65.4 Å². The average Bonchev–Trinajstić information content (AvgIpc) is 2.11. The molecular formula is C6H13N3S. The van der Waals surface area contributed by atoms with Crippen molar-refractivity contribution in [2.45, 2.75) is 26.3 Å². The van der Waals surface area contributed by atoms with Crippen LogP contribution in [0.4, 0.5) is 0 Å². The van der Waals surface area contributed by atoms with Gasteiger partial charge in [-0.25, -0.2) is 0 Å². The number of nitrogens with two attached hydrogens (primary N) is 1. The Morgan fingerprint density at radius 2 is 2.20 bits per heavy atom. The van der Waals surface area contributed by atoms with Gasteiger partial charge in [0.1, 0.15) is 10.5 Å². The third-order valence-electron chi connectivity index (χ3n) is 1.17.